The molecule has 3 N–H and O–H groups in total. The van der Waals surface area contributed by atoms with E-state index in [-0.39, 0.29) is 17.9 Å². The minimum atomic E-state index is -0.665. The van der Waals surface area contributed by atoms with Crippen molar-refractivity contribution >= 4 is 11.8 Å². The molecule has 114 valence electrons. The highest BCUT2D eigenvalue weighted by Gasteiger charge is 2.45. The number of carbonyl (C=O) groups excluding carboxylic acids is 2. The maximum absolute atomic E-state index is 13.0. The summed E-state index contributed by atoms with van der Waals surface area (Å²) in [7, 11) is 0. The van der Waals surface area contributed by atoms with Gasteiger partial charge in [0.2, 0.25) is 11.8 Å². The van der Waals surface area contributed by atoms with E-state index in [2.05, 4.69) is 12.2 Å². The second kappa shape index (κ2) is 6.12. The van der Waals surface area contributed by atoms with Crippen LogP contribution in [0.2, 0.25) is 0 Å². The molecule has 5 nitrogen and oxygen atoms in total. The number of nitrogens with two attached hydrogens (primary N) is 1. The minimum absolute atomic E-state index is 0.107. The molecule has 0 spiro atoms. The lowest BCUT2D eigenvalue weighted by molar-refractivity contribution is -0.143. The smallest absolute Gasteiger partial charge is 0.248 e. The van der Waals surface area contributed by atoms with Crippen LogP contribution in [0, 0.1) is 5.92 Å². The third-order valence-electron chi connectivity index (χ3n) is 4.79. The molecule has 0 aromatic heterocycles. The molecular weight excluding hydrogens is 254 g/mol. The van der Waals surface area contributed by atoms with E-state index in [0.717, 1.165) is 45.1 Å². The van der Waals surface area contributed by atoms with Gasteiger partial charge in [-0.1, -0.05) is 19.3 Å². The first kappa shape index (κ1) is 15.3. The molecule has 2 unspecified atom stereocenters. The molecule has 2 amide bonds. The van der Waals surface area contributed by atoms with Crippen LogP contribution in [0.5, 0.6) is 0 Å². The van der Waals surface area contributed by atoms with Gasteiger partial charge in [0, 0.05) is 19.5 Å². The maximum atomic E-state index is 13.0. The van der Waals surface area contributed by atoms with Crippen LogP contribution in [0.15, 0.2) is 0 Å². The summed E-state index contributed by atoms with van der Waals surface area (Å²) in [6.07, 6.45) is 5.67. The van der Waals surface area contributed by atoms with E-state index in [1.165, 1.54) is 6.92 Å². The molecule has 2 fully saturated rings. The highest BCUT2D eigenvalue weighted by Crippen LogP contribution is 2.33. The highest BCUT2D eigenvalue weighted by molar-refractivity contribution is 5.91. The van der Waals surface area contributed by atoms with Crippen LogP contribution in [0.25, 0.3) is 0 Å². The molecule has 0 aromatic rings. The molecule has 1 heterocycles. The Bertz CT molecular complexity index is 377. The van der Waals surface area contributed by atoms with Gasteiger partial charge < -0.3 is 16.0 Å². The molecule has 2 aliphatic rings. The Morgan fingerprint density at radius 3 is 2.45 bits per heavy atom. The van der Waals surface area contributed by atoms with Crippen LogP contribution in [-0.2, 0) is 9.59 Å². The molecule has 1 saturated carbocycles. The van der Waals surface area contributed by atoms with Crippen molar-refractivity contribution < 1.29 is 9.59 Å². The minimum Gasteiger partial charge on any atom is -0.342 e. The number of hydrogen-bond acceptors (Lipinski definition) is 3. The third kappa shape index (κ3) is 2.97. The van der Waals surface area contributed by atoms with Crippen LogP contribution >= 0.6 is 0 Å². The molecule has 2 atom stereocenters. The second-order valence-electron chi connectivity index (χ2n) is 6.47. The van der Waals surface area contributed by atoms with Crippen molar-refractivity contribution in [3.8, 4) is 0 Å². The van der Waals surface area contributed by atoms with Crippen molar-refractivity contribution in [1.82, 2.24) is 10.2 Å². The SMILES string of the molecule is CC(=O)NC1(C(=O)N2CC(CN)CC2C)CCCCC1. The molecule has 1 aliphatic carbocycles. The number of likely N-dealkylation sites (tertiary alicyclic amines) is 1. The summed E-state index contributed by atoms with van der Waals surface area (Å²) in [5.41, 5.74) is 5.08. The van der Waals surface area contributed by atoms with Gasteiger partial charge >= 0.3 is 0 Å². The van der Waals surface area contributed by atoms with Crippen molar-refractivity contribution in [2.75, 3.05) is 13.1 Å². The predicted octanol–water partition coefficient (Wildman–Crippen LogP) is 1.02. The fourth-order valence-electron chi connectivity index (χ4n) is 3.76. The predicted molar refractivity (Wildman–Crippen MR) is 78.0 cm³/mol. The van der Waals surface area contributed by atoms with Crippen LogP contribution in [0.4, 0.5) is 0 Å². The monoisotopic (exact) mass is 281 g/mol. The standard InChI is InChI=1S/C15H27N3O2/c1-11-8-13(9-16)10-18(11)14(20)15(17-12(2)19)6-4-3-5-7-15/h11,13H,3-10,16H2,1-2H3,(H,17,19). The van der Waals surface area contributed by atoms with Crippen molar-refractivity contribution in [1.29, 1.82) is 0 Å². The van der Waals surface area contributed by atoms with Gasteiger partial charge in [0.15, 0.2) is 0 Å². The molecule has 2 rings (SSSR count). The molecule has 1 aliphatic heterocycles. The van der Waals surface area contributed by atoms with E-state index < -0.39 is 5.54 Å². The van der Waals surface area contributed by atoms with Crippen molar-refractivity contribution in [2.24, 2.45) is 11.7 Å². The Hall–Kier alpha value is -1.10. The van der Waals surface area contributed by atoms with E-state index in [4.69, 9.17) is 5.73 Å². The van der Waals surface area contributed by atoms with Crippen molar-refractivity contribution in [3.05, 3.63) is 0 Å². The van der Waals surface area contributed by atoms with Gasteiger partial charge in [-0.15, -0.1) is 0 Å². The van der Waals surface area contributed by atoms with Crippen molar-refractivity contribution in [2.45, 2.75) is 64.0 Å². The summed E-state index contributed by atoms with van der Waals surface area (Å²) in [4.78, 5) is 26.5. The lowest BCUT2D eigenvalue weighted by Gasteiger charge is -2.40. The molecule has 0 radical (unpaired) electrons. The summed E-state index contributed by atoms with van der Waals surface area (Å²) in [5.74, 6) is 0.394. The maximum Gasteiger partial charge on any atom is 0.248 e. The van der Waals surface area contributed by atoms with E-state index >= 15 is 0 Å². The van der Waals surface area contributed by atoms with Crippen molar-refractivity contribution in [3.63, 3.8) is 0 Å². The molecule has 1 saturated heterocycles. The quantitative estimate of drug-likeness (QED) is 0.811. The van der Waals surface area contributed by atoms with E-state index in [1.807, 2.05) is 4.90 Å². The summed E-state index contributed by atoms with van der Waals surface area (Å²) in [6.45, 7) is 4.94. The van der Waals surface area contributed by atoms with E-state index in [1.54, 1.807) is 0 Å². The van der Waals surface area contributed by atoms with Crippen LogP contribution in [-0.4, -0.2) is 41.4 Å². The molecule has 5 heteroatoms. The Labute approximate surface area is 121 Å². The molecule has 0 aromatic carbocycles. The fourth-order valence-corrected chi connectivity index (χ4v) is 3.76. The number of nitrogens with zero attached hydrogens (tertiary/aromatic N) is 1. The number of carbonyl (C=O) groups is 2. The normalized spacial score (nSPS) is 29.2. The summed E-state index contributed by atoms with van der Waals surface area (Å²) < 4.78 is 0. The van der Waals surface area contributed by atoms with Crippen LogP contribution < -0.4 is 11.1 Å². The first-order chi connectivity index (χ1) is 9.48. The van der Waals surface area contributed by atoms with Gasteiger partial charge in [0.1, 0.15) is 5.54 Å². The van der Waals surface area contributed by atoms with Gasteiger partial charge in [-0.25, -0.2) is 0 Å². The van der Waals surface area contributed by atoms with Gasteiger partial charge in [-0.05, 0) is 38.6 Å². The zero-order valence-electron chi connectivity index (χ0n) is 12.7. The Morgan fingerprint density at radius 2 is 1.95 bits per heavy atom. The summed E-state index contributed by atoms with van der Waals surface area (Å²) in [6, 6.07) is 0.226. The van der Waals surface area contributed by atoms with Gasteiger partial charge in [0.05, 0.1) is 0 Å². The zero-order valence-corrected chi connectivity index (χ0v) is 12.7. The van der Waals surface area contributed by atoms with Crippen LogP contribution in [0.1, 0.15) is 52.4 Å². The summed E-state index contributed by atoms with van der Waals surface area (Å²) in [5, 5.41) is 2.96. The fraction of sp³-hybridized carbons (Fsp3) is 0.867. The average molecular weight is 281 g/mol. The highest BCUT2D eigenvalue weighted by atomic mass is 16.2. The van der Waals surface area contributed by atoms with Gasteiger partial charge in [-0.2, -0.15) is 0 Å². The van der Waals surface area contributed by atoms with E-state index in [0.29, 0.717) is 12.5 Å². The first-order valence-corrected chi connectivity index (χ1v) is 7.78. The molecule has 0 bridgehead atoms. The Kier molecular flexibility index (Phi) is 4.68. The first-order valence-electron chi connectivity index (χ1n) is 7.78. The van der Waals surface area contributed by atoms with Gasteiger partial charge in [-0.3, -0.25) is 9.59 Å². The number of amides is 2. The zero-order chi connectivity index (χ0) is 14.8. The Balaban J connectivity index is 2.16. The number of hydrogen-bond donors (Lipinski definition) is 2. The topological polar surface area (TPSA) is 75.4 Å². The third-order valence-corrected chi connectivity index (χ3v) is 4.79. The lowest BCUT2D eigenvalue weighted by atomic mass is 9.80. The van der Waals surface area contributed by atoms with Gasteiger partial charge in [0.25, 0.3) is 0 Å². The van der Waals surface area contributed by atoms with Crippen LogP contribution in [0.3, 0.4) is 0 Å². The van der Waals surface area contributed by atoms with E-state index in [9.17, 15) is 9.59 Å². The average Bonchev–Trinajstić information content (AvgIpc) is 2.79. The largest absolute Gasteiger partial charge is 0.342 e. The number of rotatable bonds is 3. The molecule has 20 heavy (non-hydrogen) atoms. The number of nitrogens with one attached hydrogen (secondary N) is 1. The second-order valence-corrected chi connectivity index (χ2v) is 6.47. The lowest BCUT2D eigenvalue weighted by Crippen LogP contribution is -2.60. The summed E-state index contributed by atoms with van der Waals surface area (Å²) >= 11 is 0. The molecular formula is C15H27N3O2. The Morgan fingerprint density at radius 1 is 1.30 bits per heavy atom.